The van der Waals surface area contributed by atoms with E-state index in [4.69, 9.17) is 0 Å². The molecule has 0 aromatic carbocycles. The van der Waals surface area contributed by atoms with E-state index in [9.17, 15) is 4.79 Å². The molecular weight excluding hydrogens is 208 g/mol. The van der Waals surface area contributed by atoms with Gasteiger partial charge in [-0.1, -0.05) is 57.6 Å². The molecule has 1 aliphatic rings. The molecule has 0 aromatic heterocycles. The highest BCUT2D eigenvalue weighted by molar-refractivity contribution is 5.78. The third kappa shape index (κ3) is 8.18. The Balaban J connectivity index is 2.31. The Morgan fingerprint density at radius 2 is 1.53 bits per heavy atom. The van der Waals surface area contributed by atoms with E-state index in [-0.39, 0.29) is 0 Å². The first kappa shape index (κ1) is 14.5. The van der Waals surface area contributed by atoms with Crippen molar-refractivity contribution in [3.05, 3.63) is 12.2 Å². The Bertz CT molecular complexity index is 230. The maximum atomic E-state index is 11.7. The predicted molar refractivity (Wildman–Crippen MR) is 74.1 cm³/mol. The highest BCUT2D eigenvalue weighted by atomic mass is 16.1. The van der Waals surface area contributed by atoms with Crippen LogP contribution in [0.25, 0.3) is 0 Å². The second kappa shape index (κ2) is 9.44. The zero-order valence-corrected chi connectivity index (χ0v) is 11.4. The van der Waals surface area contributed by atoms with E-state index in [1.807, 2.05) is 0 Å². The van der Waals surface area contributed by atoms with Crippen LogP contribution in [0, 0.1) is 5.92 Å². The molecule has 0 fully saturated rings. The summed E-state index contributed by atoms with van der Waals surface area (Å²) in [6, 6.07) is 0. The molecule has 0 aromatic rings. The molecule has 0 radical (unpaired) electrons. The highest BCUT2D eigenvalue weighted by Gasteiger charge is 2.06. The van der Waals surface area contributed by atoms with E-state index in [0.29, 0.717) is 11.7 Å². The molecule has 0 aliphatic heterocycles. The van der Waals surface area contributed by atoms with Crippen LogP contribution in [-0.2, 0) is 4.79 Å². The summed E-state index contributed by atoms with van der Waals surface area (Å²) in [6.45, 7) is 2.16. The van der Waals surface area contributed by atoms with Crippen LogP contribution in [0.15, 0.2) is 12.2 Å². The largest absolute Gasteiger partial charge is 0.300 e. The third-order valence-corrected chi connectivity index (χ3v) is 3.59. The number of rotatable bonds is 0. The molecule has 1 nitrogen and oxygen atoms in total. The van der Waals surface area contributed by atoms with E-state index in [2.05, 4.69) is 19.1 Å². The third-order valence-electron chi connectivity index (χ3n) is 3.59. The van der Waals surface area contributed by atoms with E-state index < -0.39 is 0 Å². The van der Waals surface area contributed by atoms with Gasteiger partial charge in [0.2, 0.25) is 0 Å². The van der Waals surface area contributed by atoms with Crippen molar-refractivity contribution in [2.24, 2.45) is 5.92 Å². The zero-order valence-electron chi connectivity index (χ0n) is 11.4. The number of carbonyl (C=O) groups is 1. The molecule has 0 amide bonds. The van der Waals surface area contributed by atoms with Gasteiger partial charge in [-0.05, 0) is 25.2 Å². The fourth-order valence-electron chi connectivity index (χ4n) is 2.50. The second-order valence-electron chi connectivity index (χ2n) is 5.52. The van der Waals surface area contributed by atoms with Crippen LogP contribution >= 0.6 is 0 Å². The van der Waals surface area contributed by atoms with Crippen molar-refractivity contribution in [2.75, 3.05) is 0 Å². The van der Waals surface area contributed by atoms with E-state index in [0.717, 1.165) is 19.3 Å². The molecule has 0 bridgehead atoms. The topological polar surface area (TPSA) is 17.1 Å². The molecule has 1 unspecified atom stereocenters. The van der Waals surface area contributed by atoms with Gasteiger partial charge in [0.15, 0.2) is 0 Å². The smallest absolute Gasteiger partial charge is 0.133 e. The molecule has 0 saturated heterocycles. The van der Waals surface area contributed by atoms with Gasteiger partial charge in [0.05, 0.1) is 0 Å². The van der Waals surface area contributed by atoms with Crippen LogP contribution in [-0.4, -0.2) is 5.78 Å². The van der Waals surface area contributed by atoms with Crippen molar-refractivity contribution >= 4 is 5.78 Å². The quantitative estimate of drug-likeness (QED) is 0.538. The summed E-state index contributed by atoms with van der Waals surface area (Å²) in [7, 11) is 0. The first-order chi connectivity index (χ1) is 8.29. The van der Waals surface area contributed by atoms with Crippen LogP contribution in [0.3, 0.4) is 0 Å². The van der Waals surface area contributed by atoms with Gasteiger partial charge in [0.25, 0.3) is 0 Å². The van der Waals surface area contributed by atoms with Gasteiger partial charge in [-0.25, -0.2) is 0 Å². The fourth-order valence-corrected chi connectivity index (χ4v) is 2.50. The van der Waals surface area contributed by atoms with Crippen molar-refractivity contribution in [2.45, 2.75) is 77.6 Å². The lowest BCUT2D eigenvalue weighted by Gasteiger charge is -2.05. The molecule has 1 rings (SSSR count). The maximum Gasteiger partial charge on any atom is 0.133 e. The average Bonchev–Trinajstić information content (AvgIpc) is 2.30. The number of ketones is 1. The van der Waals surface area contributed by atoms with Gasteiger partial charge in [-0.3, -0.25) is 4.79 Å². The van der Waals surface area contributed by atoms with Crippen LogP contribution < -0.4 is 0 Å². The number of hydrogen-bond acceptors (Lipinski definition) is 1. The minimum absolute atomic E-state index is 0.438. The summed E-state index contributed by atoms with van der Waals surface area (Å²) in [5.74, 6) is 0.893. The molecule has 1 atom stereocenters. The van der Waals surface area contributed by atoms with Gasteiger partial charge in [0.1, 0.15) is 5.78 Å². The van der Waals surface area contributed by atoms with Gasteiger partial charge in [0, 0.05) is 12.8 Å². The minimum atomic E-state index is 0.438. The molecule has 0 heterocycles. The van der Waals surface area contributed by atoms with Gasteiger partial charge in [-0.15, -0.1) is 0 Å². The minimum Gasteiger partial charge on any atom is -0.300 e. The van der Waals surface area contributed by atoms with Gasteiger partial charge >= 0.3 is 0 Å². The maximum absolute atomic E-state index is 11.7. The highest BCUT2D eigenvalue weighted by Crippen LogP contribution is 2.14. The summed E-state index contributed by atoms with van der Waals surface area (Å²) in [4.78, 5) is 11.7. The molecular formula is C16H28O. The SMILES string of the molecule is CC1/C=C/CCCCCCCCCCC(=O)C1. The van der Waals surface area contributed by atoms with Crippen LogP contribution in [0.2, 0.25) is 0 Å². The molecule has 17 heavy (non-hydrogen) atoms. The summed E-state index contributed by atoms with van der Waals surface area (Å²) in [5.41, 5.74) is 0. The molecule has 0 saturated carbocycles. The number of Topliss-reactive ketones (excluding diaryl/α,β-unsaturated/α-hetero) is 1. The molecule has 1 heteroatoms. The molecule has 0 spiro atoms. The van der Waals surface area contributed by atoms with Gasteiger partial charge < -0.3 is 0 Å². The van der Waals surface area contributed by atoms with Crippen molar-refractivity contribution in [3.63, 3.8) is 0 Å². The van der Waals surface area contributed by atoms with Crippen molar-refractivity contribution in [1.29, 1.82) is 0 Å². The Morgan fingerprint density at radius 1 is 0.941 bits per heavy atom. The van der Waals surface area contributed by atoms with Crippen molar-refractivity contribution < 1.29 is 4.79 Å². The lowest BCUT2D eigenvalue weighted by Crippen LogP contribution is -2.03. The number of carbonyl (C=O) groups excluding carboxylic acids is 1. The number of hydrogen-bond donors (Lipinski definition) is 0. The summed E-state index contributed by atoms with van der Waals surface area (Å²) in [6.07, 6.45) is 17.8. The van der Waals surface area contributed by atoms with Crippen molar-refractivity contribution in [1.82, 2.24) is 0 Å². The average molecular weight is 236 g/mol. The monoisotopic (exact) mass is 236 g/mol. The molecule has 98 valence electrons. The summed E-state index contributed by atoms with van der Waals surface area (Å²) >= 11 is 0. The summed E-state index contributed by atoms with van der Waals surface area (Å²) < 4.78 is 0. The van der Waals surface area contributed by atoms with Crippen LogP contribution in [0.4, 0.5) is 0 Å². The fraction of sp³-hybridized carbons (Fsp3) is 0.812. The first-order valence-electron chi connectivity index (χ1n) is 7.47. The van der Waals surface area contributed by atoms with Crippen LogP contribution in [0.1, 0.15) is 77.6 Å². The first-order valence-corrected chi connectivity index (χ1v) is 7.47. The van der Waals surface area contributed by atoms with Gasteiger partial charge in [-0.2, -0.15) is 0 Å². The summed E-state index contributed by atoms with van der Waals surface area (Å²) in [5, 5.41) is 0. The Kier molecular flexibility index (Phi) is 8.04. The Hall–Kier alpha value is -0.590. The van der Waals surface area contributed by atoms with Crippen molar-refractivity contribution in [3.8, 4) is 0 Å². The van der Waals surface area contributed by atoms with E-state index >= 15 is 0 Å². The molecule has 1 aliphatic carbocycles. The van der Waals surface area contributed by atoms with E-state index in [1.165, 1.54) is 51.4 Å². The predicted octanol–water partition coefficient (Wildman–Crippen LogP) is 5.05. The normalized spacial score (nSPS) is 28.1. The Labute approximate surface area is 107 Å². The molecule has 0 N–H and O–H groups in total. The lowest BCUT2D eigenvalue weighted by atomic mass is 10.00. The second-order valence-corrected chi connectivity index (χ2v) is 5.52. The lowest BCUT2D eigenvalue weighted by molar-refractivity contribution is -0.119. The number of allylic oxidation sites excluding steroid dienone is 2. The van der Waals surface area contributed by atoms with Crippen LogP contribution in [0.5, 0.6) is 0 Å². The van der Waals surface area contributed by atoms with E-state index in [1.54, 1.807) is 0 Å². The zero-order chi connectivity index (χ0) is 12.3. The Morgan fingerprint density at radius 3 is 2.24 bits per heavy atom. The standard InChI is InChI=1S/C16H28O/c1-15-12-10-8-6-4-2-3-5-7-9-11-13-16(17)14-15/h10,12,15H,2-9,11,13-14H2,1H3/b12-10+.